The van der Waals surface area contributed by atoms with Crippen LogP contribution in [0.2, 0.25) is 0 Å². The molecule has 0 bridgehead atoms. The molecule has 1 aliphatic rings. The van der Waals surface area contributed by atoms with Gasteiger partial charge in [0.05, 0.1) is 0 Å². The molecule has 0 aliphatic heterocycles. The molecule has 1 fully saturated rings. The van der Waals surface area contributed by atoms with Crippen LogP contribution in [0.1, 0.15) is 40.0 Å². The number of ether oxygens (including phenoxy) is 1. The van der Waals surface area contributed by atoms with Gasteiger partial charge < -0.3 is 4.74 Å². The van der Waals surface area contributed by atoms with Crippen molar-refractivity contribution in [2.45, 2.75) is 46.1 Å². The molecule has 100 valence electrons. The van der Waals surface area contributed by atoms with Crippen molar-refractivity contribution < 1.29 is 4.74 Å². The minimum absolute atomic E-state index is 0.288. The molecule has 0 radical (unpaired) electrons. The van der Waals surface area contributed by atoms with Crippen LogP contribution in [0, 0.1) is 17.8 Å². The Morgan fingerprint density at radius 3 is 2.78 bits per heavy atom. The summed E-state index contributed by atoms with van der Waals surface area (Å²) in [5.74, 6) is 2.72. The van der Waals surface area contributed by atoms with Crippen LogP contribution in [0.5, 0.6) is 5.88 Å². The molecule has 3 nitrogen and oxygen atoms in total. The largest absolute Gasteiger partial charge is 0.474 e. The Balaban J connectivity index is 2.08. The number of aromatic nitrogens is 2. The lowest BCUT2D eigenvalue weighted by atomic mass is 9.75. The summed E-state index contributed by atoms with van der Waals surface area (Å²) in [6.45, 7) is 6.88. The smallest absolute Gasteiger partial charge is 0.217 e. The summed E-state index contributed by atoms with van der Waals surface area (Å²) >= 11 is 3.35. The van der Waals surface area contributed by atoms with Crippen LogP contribution in [-0.2, 0) is 0 Å². The predicted octanol–water partition coefficient (Wildman–Crippen LogP) is 4.08. The van der Waals surface area contributed by atoms with Crippen molar-refractivity contribution in [1.29, 1.82) is 0 Å². The van der Waals surface area contributed by atoms with Gasteiger partial charge in [0.15, 0.2) is 0 Å². The first-order valence-electron chi connectivity index (χ1n) is 6.70. The van der Waals surface area contributed by atoms with Crippen LogP contribution < -0.4 is 4.74 Å². The lowest BCUT2D eigenvalue weighted by Gasteiger charge is -2.36. The normalized spacial score (nSPS) is 28.4. The Morgan fingerprint density at radius 2 is 2.11 bits per heavy atom. The maximum absolute atomic E-state index is 6.10. The summed E-state index contributed by atoms with van der Waals surface area (Å²) in [6.07, 6.45) is 5.53. The topological polar surface area (TPSA) is 35.0 Å². The molecule has 1 aliphatic carbocycles. The third kappa shape index (κ3) is 3.44. The Hall–Kier alpha value is -0.640. The van der Waals surface area contributed by atoms with Gasteiger partial charge >= 0.3 is 0 Å². The van der Waals surface area contributed by atoms with Crippen molar-refractivity contribution in [3.05, 3.63) is 17.0 Å². The minimum Gasteiger partial charge on any atom is -0.474 e. The van der Waals surface area contributed by atoms with E-state index in [0.29, 0.717) is 17.7 Å². The van der Waals surface area contributed by atoms with E-state index in [2.05, 4.69) is 46.7 Å². The second-order valence-electron chi connectivity index (χ2n) is 5.66. The maximum Gasteiger partial charge on any atom is 0.217 e. The first-order valence-corrected chi connectivity index (χ1v) is 7.49. The van der Waals surface area contributed by atoms with Crippen LogP contribution in [0.25, 0.3) is 0 Å². The summed E-state index contributed by atoms with van der Waals surface area (Å²) in [6, 6.07) is 1.84. The van der Waals surface area contributed by atoms with Gasteiger partial charge in [-0.1, -0.05) is 27.2 Å². The van der Waals surface area contributed by atoms with Crippen molar-refractivity contribution in [2.24, 2.45) is 17.8 Å². The van der Waals surface area contributed by atoms with E-state index in [1.54, 1.807) is 0 Å². The average Bonchev–Trinajstić information content (AvgIpc) is 2.28. The van der Waals surface area contributed by atoms with E-state index in [4.69, 9.17) is 4.74 Å². The highest BCUT2D eigenvalue weighted by Crippen LogP contribution is 2.35. The maximum atomic E-state index is 6.10. The standard InChI is InChI=1S/C14H21BrN2O/c1-9(2)11-5-4-10(3)6-12(11)18-14-7-13(15)16-8-17-14/h7-12H,4-6H2,1-3H3. The molecule has 1 heterocycles. The Kier molecular flexibility index (Phi) is 4.60. The Bertz CT molecular complexity index is 397. The minimum atomic E-state index is 0.288. The number of hydrogen-bond acceptors (Lipinski definition) is 3. The van der Waals surface area contributed by atoms with Crippen LogP contribution in [0.4, 0.5) is 0 Å². The van der Waals surface area contributed by atoms with Gasteiger partial charge in [0, 0.05) is 6.07 Å². The van der Waals surface area contributed by atoms with E-state index >= 15 is 0 Å². The van der Waals surface area contributed by atoms with Crippen molar-refractivity contribution in [3.8, 4) is 5.88 Å². The number of hydrogen-bond donors (Lipinski definition) is 0. The summed E-state index contributed by atoms with van der Waals surface area (Å²) in [5.41, 5.74) is 0. The Morgan fingerprint density at radius 1 is 1.33 bits per heavy atom. The molecule has 0 N–H and O–H groups in total. The zero-order valence-corrected chi connectivity index (χ0v) is 12.9. The van der Waals surface area contributed by atoms with E-state index in [-0.39, 0.29) is 6.10 Å². The number of halogens is 1. The van der Waals surface area contributed by atoms with Gasteiger partial charge in [-0.3, -0.25) is 0 Å². The molecule has 18 heavy (non-hydrogen) atoms. The predicted molar refractivity (Wildman–Crippen MR) is 75.5 cm³/mol. The molecule has 0 spiro atoms. The van der Waals surface area contributed by atoms with Crippen molar-refractivity contribution in [3.63, 3.8) is 0 Å². The summed E-state index contributed by atoms with van der Waals surface area (Å²) in [5, 5.41) is 0. The van der Waals surface area contributed by atoms with Crippen LogP contribution >= 0.6 is 15.9 Å². The van der Waals surface area contributed by atoms with Crippen LogP contribution in [-0.4, -0.2) is 16.1 Å². The highest BCUT2D eigenvalue weighted by molar-refractivity contribution is 9.10. The molecule has 0 amide bonds. The molecular formula is C14H21BrN2O. The Labute approximate surface area is 117 Å². The van der Waals surface area contributed by atoms with Crippen LogP contribution in [0.3, 0.4) is 0 Å². The third-order valence-electron chi connectivity index (χ3n) is 3.84. The van der Waals surface area contributed by atoms with E-state index in [1.165, 1.54) is 19.2 Å². The molecule has 0 aromatic carbocycles. The van der Waals surface area contributed by atoms with E-state index < -0.39 is 0 Å². The molecule has 1 aromatic rings. The molecule has 1 saturated carbocycles. The van der Waals surface area contributed by atoms with Gasteiger partial charge in [0.1, 0.15) is 17.0 Å². The van der Waals surface area contributed by atoms with Crippen molar-refractivity contribution >= 4 is 15.9 Å². The second-order valence-corrected chi connectivity index (χ2v) is 6.47. The second kappa shape index (κ2) is 6.00. The molecule has 0 saturated heterocycles. The fourth-order valence-corrected chi connectivity index (χ4v) is 3.07. The first kappa shape index (κ1) is 13.8. The lowest BCUT2D eigenvalue weighted by Crippen LogP contribution is -2.36. The van der Waals surface area contributed by atoms with Crippen LogP contribution in [0.15, 0.2) is 17.0 Å². The molecular weight excluding hydrogens is 292 g/mol. The van der Waals surface area contributed by atoms with Gasteiger partial charge in [-0.05, 0) is 46.5 Å². The van der Waals surface area contributed by atoms with Gasteiger partial charge in [-0.15, -0.1) is 0 Å². The fraction of sp³-hybridized carbons (Fsp3) is 0.714. The summed E-state index contributed by atoms with van der Waals surface area (Å²) < 4.78 is 6.87. The van der Waals surface area contributed by atoms with E-state index in [9.17, 15) is 0 Å². The molecule has 4 heteroatoms. The van der Waals surface area contributed by atoms with Gasteiger partial charge in [0.25, 0.3) is 0 Å². The number of nitrogens with zero attached hydrogens (tertiary/aromatic N) is 2. The average molecular weight is 313 g/mol. The summed E-state index contributed by atoms with van der Waals surface area (Å²) in [7, 11) is 0. The first-order chi connectivity index (χ1) is 8.56. The van der Waals surface area contributed by atoms with Gasteiger partial charge in [-0.2, -0.15) is 0 Å². The zero-order valence-electron chi connectivity index (χ0n) is 11.3. The molecule has 2 rings (SSSR count). The highest BCUT2D eigenvalue weighted by Gasteiger charge is 2.32. The quantitative estimate of drug-likeness (QED) is 0.789. The SMILES string of the molecule is CC1CCC(C(C)C)C(Oc2cc(Br)ncn2)C1. The zero-order chi connectivity index (χ0) is 13.1. The van der Waals surface area contributed by atoms with Gasteiger partial charge in [-0.25, -0.2) is 9.97 Å². The van der Waals surface area contributed by atoms with Crippen molar-refractivity contribution in [1.82, 2.24) is 9.97 Å². The van der Waals surface area contributed by atoms with Gasteiger partial charge in [0.2, 0.25) is 5.88 Å². The monoisotopic (exact) mass is 312 g/mol. The molecule has 3 atom stereocenters. The fourth-order valence-electron chi connectivity index (χ4n) is 2.79. The lowest BCUT2D eigenvalue weighted by molar-refractivity contribution is 0.0425. The highest BCUT2D eigenvalue weighted by atomic mass is 79.9. The third-order valence-corrected chi connectivity index (χ3v) is 4.28. The van der Waals surface area contributed by atoms with E-state index in [0.717, 1.165) is 16.9 Å². The molecule has 3 unspecified atom stereocenters. The van der Waals surface area contributed by atoms with Crippen molar-refractivity contribution in [2.75, 3.05) is 0 Å². The summed E-state index contributed by atoms with van der Waals surface area (Å²) in [4.78, 5) is 8.22. The molecule has 1 aromatic heterocycles. The number of rotatable bonds is 3. The van der Waals surface area contributed by atoms with E-state index in [1.807, 2.05) is 6.07 Å².